The predicted molar refractivity (Wildman–Crippen MR) is 126 cm³/mol. The van der Waals surface area contributed by atoms with Gasteiger partial charge >= 0.3 is 0 Å². The first kappa shape index (κ1) is 22.1. The molecule has 1 unspecified atom stereocenters. The van der Waals surface area contributed by atoms with Crippen LogP contribution in [0.15, 0.2) is 50.1 Å². The van der Waals surface area contributed by atoms with E-state index in [2.05, 4.69) is 30.9 Å². The Morgan fingerprint density at radius 2 is 2.00 bits per heavy atom. The summed E-state index contributed by atoms with van der Waals surface area (Å²) in [5.41, 5.74) is 1.75. The largest absolute Gasteiger partial charge is 0.505 e. The number of para-hydroxylation sites is 1. The maximum Gasteiger partial charge on any atom is 0.269 e. The van der Waals surface area contributed by atoms with Crippen LogP contribution in [0.1, 0.15) is 36.5 Å². The number of hydrogen-bond acceptors (Lipinski definition) is 7. The van der Waals surface area contributed by atoms with Crippen molar-refractivity contribution < 1.29 is 18.5 Å². The summed E-state index contributed by atoms with van der Waals surface area (Å²) in [7, 11) is 0. The molecule has 9 nitrogen and oxygen atoms in total. The zero-order chi connectivity index (χ0) is 22.7. The summed E-state index contributed by atoms with van der Waals surface area (Å²) in [4.78, 5) is 2.08. The number of phenols is 1. The Morgan fingerprint density at radius 3 is 2.69 bits per heavy atom. The van der Waals surface area contributed by atoms with Crippen molar-refractivity contribution in [2.45, 2.75) is 26.3 Å². The monoisotopic (exact) mass is 457 g/mol. The number of phenolic OH excluding ortho intramolecular Hbond substituents is 1. The Morgan fingerprint density at radius 1 is 1.25 bits per heavy atom. The number of rotatable bonds is 6. The molecule has 2 aliphatic heterocycles. The van der Waals surface area contributed by atoms with E-state index in [1.54, 1.807) is 6.07 Å². The number of amidine groups is 2. The van der Waals surface area contributed by atoms with Crippen molar-refractivity contribution in [1.29, 1.82) is 0 Å². The average molecular weight is 458 g/mol. The van der Waals surface area contributed by atoms with E-state index in [1.165, 1.54) is 0 Å². The second kappa shape index (κ2) is 9.58. The van der Waals surface area contributed by atoms with Crippen LogP contribution in [0, 0.1) is 6.92 Å². The molecule has 32 heavy (non-hydrogen) atoms. The summed E-state index contributed by atoms with van der Waals surface area (Å²) in [6.45, 7) is 10.7. The number of anilines is 1. The number of nitrogens with zero attached hydrogens (tertiary/aromatic N) is 3. The minimum absolute atomic E-state index is 0.0393. The molecule has 0 saturated carbocycles. The molecule has 2 aliphatic rings. The molecule has 1 fully saturated rings. The van der Waals surface area contributed by atoms with E-state index in [0.717, 1.165) is 23.6 Å². The molecule has 4 rings (SSSR count). The van der Waals surface area contributed by atoms with Gasteiger partial charge in [0.1, 0.15) is 17.3 Å². The lowest BCUT2D eigenvalue weighted by Gasteiger charge is -2.31. The van der Waals surface area contributed by atoms with Gasteiger partial charge in [-0.2, -0.15) is 0 Å². The van der Waals surface area contributed by atoms with Crippen LogP contribution in [0.5, 0.6) is 5.75 Å². The number of aryl methyl sites for hydroxylation is 1. The van der Waals surface area contributed by atoms with Gasteiger partial charge in [0.15, 0.2) is 11.7 Å². The molecular weight excluding hydrogens is 430 g/mol. The molecule has 10 heteroatoms. The first-order chi connectivity index (χ1) is 15.5. The molecule has 170 valence electrons. The van der Waals surface area contributed by atoms with Crippen LogP contribution in [-0.4, -0.2) is 52.2 Å². The second-order valence-electron chi connectivity index (χ2n) is 7.54. The molecule has 1 aromatic carbocycles. The third kappa shape index (κ3) is 4.71. The molecule has 1 aromatic heterocycles. The zero-order valence-corrected chi connectivity index (χ0v) is 18.9. The van der Waals surface area contributed by atoms with Gasteiger partial charge in [-0.3, -0.25) is 0 Å². The zero-order valence-electron chi connectivity index (χ0n) is 18.1. The maximum atomic E-state index is 12.1. The molecule has 3 heterocycles. The van der Waals surface area contributed by atoms with Crippen LogP contribution in [0.2, 0.25) is 0 Å². The second-order valence-corrected chi connectivity index (χ2v) is 8.36. The third-order valence-electron chi connectivity index (χ3n) is 5.38. The lowest BCUT2D eigenvalue weighted by Crippen LogP contribution is -2.36. The first-order valence-corrected chi connectivity index (χ1v) is 11.6. The lowest BCUT2D eigenvalue weighted by atomic mass is 10.1. The summed E-state index contributed by atoms with van der Waals surface area (Å²) >= 11 is -1.75. The molecule has 2 atom stereocenters. The third-order valence-corrected chi connectivity index (χ3v) is 6.06. The highest BCUT2D eigenvalue weighted by atomic mass is 32.2. The summed E-state index contributed by atoms with van der Waals surface area (Å²) in [5.74, 6) is 2.25. The summed E-state index contributed by atoms with van der Waals surface area (Å²) < 4.78 is 31.4. The Hall–Kier alpha value is -3.11. The smallest absolute Gasteiger partial charge is 0.269 e. The van der Waals surface area contributed by atoms with Crippen molar-refractivity contribution >= 4 is 34.2 Å². The Balaban J connectivity index is 1.53. The van der Waals surface area contributed by atoms with E-state index in [1.807, 2.05) is 38.1 Å². The number of aromatic hydroxyl groups is 1. The minimum Gasteiger partial charge on any atom is -0.505 e. The molecule has 0 radical (unpaired) electrons. The highest BCUT2D eigenvalue weighted by Crippen LogP contribution is 2.34. The van der Waals surface area contributed by atoms with Crippen molar-refractivity contribution in [2.24, 2.45) is 8.80 Å². The van der Waals surface area contributed by atoms with Gasteiger partial charge in [0.2, 0.25) is 0 Å². The fraction of sp³-hybridized carbons (Fsp3) is 0.364. The molecule has 0 spiro atoms. The Kier molecular flexibility index (Phi) is 6.61. The van der Waals surface area contributed by atoms with Gasteiger partial charge in [0.05, 0.1) is 24.9 Å². The fourth-order valence-corrected chi connectivity index (χ4v) is 4.25. The molecule has 3 N–H and O–H groups in total. The number of morpholine rings is 1. The summed E-state index contributed by atoms with van der Waals surface area (Å²) in [6, 6.07) is 8.99. The van der Waals surface area contributed by atoms with Crippen molar-refractivity contribution in [1.82, 2.24) is 10.2 Å². The van der Waals surface area contributed by atoms with Gasteiger partial charge in [-0.1, -0.05) is 19.6 Å². The van der Waals surface area contributed by atoms with Gasteiger partial charge in [-0.15, -0.1) is 8.80 Å². The van der Waals surface area contributed by atoms with Crippen LogP contribution < -0.4 is 10.6 Å². The van der Waals surface area contributed by atoms with Gasteiger partial charge in [-0.05, 0) is 37.6 Å². The summed E-state index contributed by atoms with van der Waals surface area (Å²) in [5, 5.41) is 17.2. The van der Waals surface area contributed by atoms with Crippen molar-refractivity contribution in [2.75, 3.05) is 31.6 Å². The SMILES string of the molecule is C=C(c1cccc(NC2=NS(=O)N=C2N[C@H](CC)c2ccc(C)o2)c1O)N1CCOCC1. The molecule has 0 bridgehead atoms. The van der Waals surface area contributed by atoms with Crippen LogP contribution in [-0.2, 0) is 15.9 Å². The van der Waals surface area contributed by atoms with E-state index in [-0.39, 0.29) is 17.6 Å². The Bertz CT molecular complexity index is 1090. The van der Waals surface area contributed by atoms with Crippen LogP contribution in [0.25, 0.3) is 5.70 Å². The topological polar surface area (TPSA) is 112 Å². The number of ether oxygens (including phenoxy) is 1. The van der Waals surface area contributed by atoms with Crippen molar-refractivity contribution in [3.63, 3.8) is 0 Å². The minimum atomic E-state index is -1.75. The number of hydrogen-bond donors (Lipinski definition) is 3. The van der Waals surface area contributed by atoms with Crippen LogP contribution >= 0.6 is 0 Å². The van der Waals surface area contributed by atoms with E-state index in [4.69, 9.17) is 9.15 Å². The normalized spacial score (nSPS) is 19.3. The van der Waals surface area contributed by atoms with E-state index in [9.17, 15) is 9.32 Å². The van der Waals surface area contributed by atoms with Crippen molar-refractivity contribution in [3.8, 4) is 5.75 Å². The van der Waals surface area contributed by atoms with E-state index in [0.29, 0.717) is 43.4 Å². The predicted octanol–water partition coefficient (Wildman–Crippen LogP) is 3.14. The van der Waals surface area contributed by atoms with E-state index < -0.39 is 11.2 Å². The van der Waals surface area contributed by atoms with Gasteiger partial charge in [0, 0.05) is 24.4 Å². The van der Waals surface area contributed by atoms with Crippen LogP contribution in [0.4, 0.5) is 5.69 Å². The van der Waals surface area contributed by atoms with Crippen LogP contribution in [0.3, 0.4) is 0 Å². The van der Waals surface area contributed by atoms with Gasteiger partial charge in [-0.25, -0.2) is 4.21 Å². The fourth-order valence-electron chi connectivity index (χ4n) is 3.63. The quantitative estimate of drug-likeness (QED) is 0.572. The molecule has 0 aliphatic carbocycles. The summed E-state index contributed by atoms with van der Waals surface area (Å²) in [6.07, 6.45) is 0.728. The maximum absolute atomic E-state index is 12.1. The molecular formula is C22H27N5O4S. The van der Waals surface area contributed by atoms with E-state index >= 15 is 0 Å². The number of furan rings is 1. The number of benzene rings is 1. The highest BCUT2D eigenvalue weighted by molar-refractivity contribution is 7.83. The lowest BCUT2D eigenvalue weighted by molar-refractivity contribution is 0.0640. The molecule has 0 amide bonds. The first-order valence-electron chi connectivity index (χ1n) is 10.5. The Labute approximate surface area is 189 Å². The molecule has 1 saturated heterocycles. The van der Waals surface area contributed by atoms with Gasteiger partial charge in [0.25, 0.3) is 11.2 Å². The average Bonchev–Trinajstić information content (AvgIpc) is 3.38. The number of nitrogens with one attached hydrogen (secondary N) is 2. The van der Waals surface area contributed by atoms with Gasteiger partial charge < -0.3 is 29.8 Å². The molecule has 2 aromatic rings. The highest BCUT2D eigenvalue weighted by Gasteiger charge is 2.25. The standard InChI is InChI=1S/C22H27N5O4S/c1-4-17(19-9-8-14(2)31-19)23-21-22(26-32(29)25-21)24-18-7-5-6-16(20(18)28)15(3)27-10-12-30-13-11-27/h5-9,17,28H,3-4,10-13H2,1-2H3,(H,23,25)(H,24,26)/t17-,32?/m1/s1. The van der Waals surface area contributed by atoms with Crippen molar-refractivity contribution in [3.05, 3.63) is 54.0 Å².